The first-order valence-corrected chi connectivity index (χ1v) is 3.94. The van der Waals surface area contributed by atoms with Crippen LogP contribution in [0.4, 0.5) is 0 Å². The normalized spacial score (nSPS) is 31.0. The molecule has 0 bridgehead atoms. The first kappa shape index (κ1) is 10.5. The van der Waals surface area contributed by atoms with E-state index in [2.05, 4.69) is 0 Å². The molecule has 0 saturated heterocycles. The van der Waals surface area contributed by atoms with Gasteiger partial charge in [0.15, 0.2) is 0 Å². The van der Waals surface area contributed by atoms with Crippen molar-refractivity contribution >= 4 is 11.9 Å². The Balaban J connectivity index is 3.17. The lowest BCUT2D eigenvalue weighted by Gasteiger charge is -2.29. The molecule has 0 saturated carbocycles. The molecule has 0 aliphatic heterocycles. The molecule has 0 heterocycles. The van der Waals surface area contributed by atoms with Crippen molar-refractivity contribution in [3.8, 4) is 0 Å². The molecule has 14 heavy (non-hydrogen) atoms. The zero-order valence-corrected chi connectivity index (χ0v) is 7.47. The van der Waals surface area contributed by atoms with Crippen molar-refractivity contribution in [1.82, 2.24) is 0 Å². The summed E-state index contributed by atoms with van der Waals surface area (Å²) in [5.74, 6) is -4.11. The molecular weight excluding hydrogens is 188 g/mol. The highest BCUT2D eigenvalue weighted by Gasteiger charge is 2.42. The van der Waals surface area contributed by atoms with Gasteiger partial charge in [0.1, 0.15) is 5.92 Å². The number of aliphatic carboxylic acids is 2. The van der Waals surface area contributed by atoms with Gasteiger partial charge >= 0.3 is 11.9 Å². The topological polar surface area (TPSA) is 94.8 Å². The quantitative estimate of drug-likeness (QED) is 0.581. The summed E-state index contributed by atoms with van der Waals surface area (Å²) in [4.78, 5) is 21.5. The molecule has 0 aromatic heterocycles. The summed E-state index contributed by atoms with van der Waals surface area (Å²) in [6.07, 6.45) is 3.78. The predicted octanol–water partition coefficient (Wildman–Crippen LogP) is 0.0190. The number of rotatable bonds is 2. The Morgan fingerprint density at radius 2 is 2.00 bits per heavy atom. The van der Waals surface area contributed by atoms with Crippen LogP contribution in [-0.2, 0) is 9.59 Å². The molecule has 0 fully saturated rings. The predicted molar refractivity (Wildman–Crippen MR) is 46.6 cm³/mol. The van der Waals surface area contributed by atoms with E-state index in [1.54, 1.807) is 0 Å². The average molecular weight is 198 g/mol. The maximum absolute atomic E-state index is 10.8. The Morgan fingerprint density at radius 3 is 2.36 bits per heavy atom. The smallest absolute Gasteiger partial charge is 0.332 e. The van der Waals surface area contributed by atoms with Crippen LogP contribution >= 0.6 is 0 Å². The summed E-state index contributed by atoms with van der Waals surface area (Å²) in [6.45, 7) is 1.26. The molecule has 1 rings (SSSR count). The minimum Gasteiger partial charge on any atom is -0.481 e. The number of hydrogen-bond acceptors (Lipinski definition) is 3. The highest BCUT2D eigenvalue weighted by Crippen LogP contribution is 2.30. The maximum atomic E-state index is 10.8. The van der Waals surface area contributed by atoms with Crippen molar-refractivity contribution in [3.63, 3.8) is 0 Å². The van der Waals surface area contributed by atoms with Gasteiger partial charge in [-0.1, -0.05) is 18.2 Å². The lowest BCUT2D eigenvalue weighted by molar-refractivity contribution is -0.149. The number of carbonyl (C=O) groups is 2. The summed E-state index contributed by atoms with van der Waals surface area (Å²) < 4.78 is 0. The van der Waals surface area contributed by atoms with Crippen molar-refractivity contribution in [2.24, 2.45) is 5.92 Å². The highest BCUT2D eigenvalue weighted by atomic mass is 16.4. The average Bonchev–Trinajstić information content (AvgIpc) is 2.00. The Morgan fingerprint density at radius 1 is 1.43 bits per heavy atom. The van der Waals surface area contributed by atoms with Gasteiger partial charge in [-0.05, 0) is 6.92 Å². The molecule has 3 N–H and O–H groups in total. The fourth-order valence-corrected chi connectivity index (χ4v) is 1.43. The second-order valence-corrected chi connectivity index (χ2v) is 3.28. The van der Waals surface area contributed by atoms with Gasteiger partial charge in [-0.25, -0.2) is 4.79 Å². The number of aliphatic hydroxyl groups is 1. The van der Waals surface area contributed by atoms with E-state index < -0.39 is 23.5 Å². The van der Waals surface area contributed by atoms with Crippen LogP contribution in [0, 0.1) is 5.92 Å². The van der Waals surface area contributed by atoms with Crippen LogP contribution in [0.15, 0.2) is 23.8 Å². The van der Waals surface area contributed by atoms with Gasteiger partial charge in [-0.2, -0.15) is 0 Å². The van der Waals surface area contributed by atoms with Crippen molar-refractivity contribution in [3.05, 3.63) is 23.8 Å². The van der Waals surface area contributed by atoms with Crippen LogP contribution in [0.25, 0.3) is 0 Å². The Hall–Kier alpha value is -1.62. The molecule has 5 nitrogen and oxygen atoms in total. The van der Waals surface area contributed by atoms with Gasteiger partial charge in [0, 0.05) is 0 Å². The molecule has 5 heteroatoms. The van der Waals surface area contributed by atoms with Crippen LogP contribution < -0.4 is 0 Å². The molecule has 2 atom stereocenters. The molecule has 1 aliphatic rings. The van der Waals surface area contributed by atoms with Crippen molar-refractivity contribution < 1.29 is 24.9 Å². The molecule has 76 valence electrons. The van der Waals surface area contributed by atoms with Gasteiger partial charge in [-0.3, -0.25) is 4.79 Å². The third-order valence-electron chi connectivity index (χ3n) is 2.10. The van der Waals surface area contributed by atoms with Crippen LogP contribution in [0.1, 0.15) is 6.92 Å². The third-order valence-corrected chi connectivity index (χ3v) is 2.10. The monoisotopic (exact) mass is 198 g/mol. The van der Waals surface area contributed by atoms with E-state index in [4.69, 9.17) is 10.2 Å². The minimum atomic E-state index is -1.66. The van der Waals surface area contributed by atoms with E-state index >= 15 is 0 Å². The fraction of sp³-hybridized carbons (Fsp3) is 0.333. The number of carboxylic acid groups (broad SMARTS) is 2. The number of allylic oxidation sites excluding steroid dienone is 2. The van der Waals surface area contributed by atoms with E-state index in [9.17, 15) is 14.7 Å². The fourth-order valence-electron chi connectivity index (χ4n) is 1.43. The lowest BCUT2D eigenvalue weighted by atomic mass is 9.79. The summed E-state index contributed by atoms with van der Waals surface area (Å²) in [5.41, 5.74) is -1.97. The van der Waals surface area contributed by atoms with Gasteiger partial charge in [-0.15, -0.1) is 0 Å². The molecule has 2 unspecified atom stereocenters. The summed E-state index contributed by atoms with van der Waals surface area (Å²) >= 11 is 0. The van der Waals surface area contributed by atoms with Crippen LogP contribution in [0.2, 0.25) is 0 Å². The van der Waals surface area contributed by atoms with Crippen LogP contribution in [0.3, 0.4) is 0 Å². The molecule has 0 spiro atoms. The van der Waals surface area contributed by atoms with Gasteiger partial charge < -0.3 is 15.3 Å². The van der Waals surface area contributed by atoms with Gasteiger partial charge in [0.05, 0.1) is 11.2 Å². The van der Waals surface area contributed by atoms with E-state index in [-0.39, 0.29) is 5.57 Å². The minimum absolute atomic E-state index is 0.315. The Bertz CT molecular complexity index is 337. The molecule has 1 aliphatic carbocycles. The van der Waals surface area contributed by atoms with E-state index in [1.807, 2.05) is 0 Å². The van der Waals surface area contributed by atoms with E-state index in [1.165, 1.54) is 25.2 Å². The van der Waals surface area contributed by atoms with E-state index in [0.29, 0.717) is 0 Å². The number of carboxylic acids is 2. The third kappa shape index (κ3) is 1.67. The highest BCUT2D eigenvalue weighted by molar-refractivity contribution is 5.95. The van der Waals surface area contributed by atoms with E-state index in [0.717, 1.165) is 0 Å². The first-order valence-electron chi connectivity index (χ1n) is 3.94. The lowest BCUT2D eigenvalue weighted by Crippen LogP contribution is -2.42. The first-order chi connectivity index (χ1) is 6.36. The van der Waals surface area contributed by atoms with Crippen molar-refractivity contribution in [1.29, 1.82) is 0 Å². The SMILES string of the molecule is CC1(O)C=CC=C(C(=O)O)C1C(=O)O. The zero-order valence-electron chi connectivity index (χ0n) is 7.47. The molecular formula is C9H10O5. The second kappa shape index (κ2) is 3.26. The van der Waals surface area contributed by atoms with Crippen molar-refractivity contribution in [2.75, 3.05) is 0 Å². The Labute approximate surface area is 80.0 Å². The molecule has 0 aromatic rings. The zero-order chi connectivity index (χ0) is 10.9. The molecule has 0 aromatic carbocycles. The summed E-state index contributed by atoms with van der Waals surface area (Å²) in [6, 6.07) is 0. The van der Waals surface area contributed by atoms with Gasteiger partial charge in [0.25, 0.3) is 0 Å². The van der Waals surface area contributed by atoms with Gasteiger partial charge in [0.2, 0.25) is 0 Å². The standard InChI is InChI=1S/C9H10O5/c1-9(14)4-2-3-5(7(10)11)6(9)8(12)13/h2-4,6,14H,1H3,(H,10,11)(H,12,13). The largest absolute Gasteiger partial charge is 0.481 e. The molecule has 0 radical (unpaired) electrons. The maximum Gasteiger partial charge on any atom is 0.332 e. The summed E-state index contributed by atoms with van der Waals surface area (Å²) in [7, 11) is 0. The Kier molecular flexibility index (Phi) is 2.44. The number of hydrogen-bond donors (Lipinski definition) is 3. The van der Waals surface area contributed by atoms with Crippen LogP contribution in [0.5, 0.6) is 0 Å². The second-order valence-electron chi connectivity index (χ2n) is 3.28. The van der Waals surface area contributed by atoms with Crippen LogP contribution in [-0.4, -0.2) is 32.9 Å². The molecule has 0 amide bonds. The summed E-state index contributed by atoms with van der Waals surface area (Å²) in [5, 5.41) is 27.2. The van der Waals surface area contributed by atoms with Crippen molar-refractivity contribution in [2.45, 2.75) is 12.5 Å².